The normalized spacial score (nSPS) is 11.3. The second-order valence-corrected chi connectivity index (χ2v) is 9.70. The van der Waals surface area contributed by atoms with Crippen LogP contribution in [0.15, 0.2) is 98.2 Å². The molecule has 2 heterocycles. The molecule has 176 valence electrons. The molecule has 0 bridgehead atoms. The maximum absolute atomic E-state index is 12.8. The van der Waals surface area contributed by atoms with E-state index in [2.05, 4.69) is 26.2 Å². The zero-order valence-corrected chi connectivity index (χ0v) is 21.5. The molecule has 36 heavy (non-hydrogen) atoms. The molecule has 4 aromatic carbocycles. The molecule has 6 rings (SSSR count). The average molecular weight is 578 g/mol. The van der Waals surface area contributed by atoms with Crippen molar-refractivity contribution in [3.05, 3.63) is 105 Å². The number of furan rings is 1. The van der Waals surface area contributed by atoms with Crippen molar-refractivity contribution < 1.29 is 13.6 Å². The Bertz CT molecular complexity index is 1790. The lowest BCUT2D eigenvalue weighted by Gasteiger charge is -2.04. The topological polar surface area (TPSA) is 68.3 Å². The van der Waals surface area contributed by atoms with E-state index in [1.165, 1.54) is 0 Å². The molecule has 8 heteroatoms. The first-order valence-electron chi connectivity index (χ1n) is 10.9. The molecule has 0 saturated carbocycles. The summed E-state index contributed by atoms with van der Waals surface area (Å²) in [6.07, 6.45) is 0. The van der Waals surface area contributed by atoms with Gasteiger partial charge in [-0.25, -0.2) is 4.98 Å². The number of benzene rings is 4. The summed E-state index contributed by atoms with van der Waals surface area (Å²) in [6, 6.07) is 25.8. The largest absolute Gasteiger partial charge is 0.451 e. The van der Waals surface area contributed by atoms with Gasteiger partial charge in [-0.1, -0.05) is 69.5 Å². The highest BCUT2D eigenvalue weighted by molar-refractivity contribution is 9.10. The zero-order valence-electron chi connectivity index (χ0n) is 18.4. The van der Waals surface area contributed by atoms with Crippen molar-refractivity contribution in [1.82, 2.24) is 4.98 Å². The van der Waals surface area contributed by atoms with Crippen molar-refractivity contribution >= 4 is 72.6 Å². The molecule has 2 aromatic heterocycles. The third kappa shape index (κ3) is 4.07. The predicted octanol–water partition coefficient (Wildman–Crippen LogP) is 9.23. The minimum absolute atomic E-state index is 0.142. The van der Waals surface area contributed by atoms with Gasteiger partial charge >= 0.3 is 0 Å². The number of hydrogen-bond donors (Lipinski definition) is 1. The van der Waals surface area contributed by atoms with Gasteiger partial charge in [0.2, 0.25) is 5.89 Å². The Kier molecular flexibility index (Phi) is 5.80. The van der Waals surface area contributed by atoms with E-state index < -0.39 is 5.91 Å². The lowest BCUT2D eigenvalue weighted by atomic mass is 10.0. The summed E-state index contributed by atoms with van der Waals surface area (Å²) in [5.74, 6) is 0.696. The molecule has 0 saturated heterocycles. The molecule has 0 aliphatic carbocycles. The van der Waals surface area contributed by atoms with Crippen molar-refractivity contribution in [1.29, 1.82) is 0 Å². The van der Waals surface area contributed by atoms with Crippen molar-refractivity contribution in [2.24, 2.45) is 0 Å². The molecule has 6 aromatic rings. The third-order valence-corrected chi connectivity index (χ3v) is 7.30. The number of fused-ring (bicyclic) bond motifs is 2. The standard InChI is InChI=1S/C28H15BrCl2N2O3/c29-20-8-2-4-16-17(20)5-1-6-18(16)28-33-22-14-15(10-11-24(22)36-28)32-27(34)25-13-12-23(35-25)19-7-3-9-21(30)26(19)31/h1-14H,(H,32,34). The van der Waals surface area contributed by atoms with Crippen molar-refractivity contribution in [2.45, 2.75) is 0 Å². The molecular weight excluding hydrogens is 563 g/mol. The Balaban J connectivity index is 1.28. The number of halogens is 3. The molecule has 0 atom stereocenters. The second-order valence-electron chi connectivity index (χ2n) is 8.06. The van der Waals surface area contributed by atoms with Crippen LogP contribution >= 0.6 is 39.1 Å². The predicted molar refractivity (Wildman–Crippen MR) is 147 cm³/mol. The van der Waals surface area contributed by atoms with E-state index in [1.807, 2.05) is 36.4 Å². The van der Waals surface area contributed by atoms with Gasteiger partial charge in [0.15, 0.2) is 11.3 Å². The van der Waals surface area contributed by atoms with Gasteiger partial charge in [-0.15, -0.1) is 0 Å². The van der Waals surface area contributed by atoms with Crippen LogP contribution in [0.1, 0.15) is 10.6 Å². The highest BCUT2D eigenvalue weighted by Crippen LogP contribution is 2.36. The van der Waals surface area contributed by atoms with Gasteiger partial charge in [0, 0.05) is 21.3 Å². The molecule has 1 amide bonds. The fraction of sp³-hybridized carbons (Fsp3) is 0. The molecule has 5 nitrogen and oxygen atoms in total. The molecule has 0 spiro atoms. The smallest absolute Gasteiger partial charge is 0.291 e. The average Bonchev–Trinajstić information content (AvgIpc) is 3.53. The fourth-order valence-electron chi connectivity index (χ4n) is 4.07. The van der Waals surface area contributed by atoms with Gasteiger partial charge in [-0.3, -0.25) is 4.79 Å². The lowest BCUT2D eigenvalue weighted by Crippen LogP contribution is -2.10. The van der Waals surface area contributed by atoms with Gasteiger partial charge in [0.05, 0.1) is 10.0 Å². The van der Waals surface area contributed by atoms with E-state index in [4.69, 9.17) is 32.0 Å². The van der Waals surface area contributed by atoms with Gasteiger partial charge in [-0.2, -0.15) is 0 Å². The molecule has 0 unspecified atom stereocenters. The van der Waals surface area contributed by atoms with E-state index in [1.54, 1.807) is 48.5 Å². The van der Waals surface area contributed by atoms with E-state index in [0.29, 0.717) is 44.0 Å². The SMILES string of the molecule is O=C(Nc1ccc2oc(-c3cccc4c(Br)cccc34)nc2c1)c1ccc(-c2cccc(Cl)c2Cl)o1. The number of aromatic nitrogens is 1. The molecule has 0 fully saturated rings. The Hall–Kier alpha value is -3.58. The summed E-state index contributed by atoms with van der Waals surface area (Å²) >= 11 is 16.0. The summed E-state index contributed by atoms with van der Waals surface area (Å²) < 4.78 is 12.8. The van der Waals surface area contributed by atoms with Crippen molar-refractivity contribution in [3.63, 3.8) is 0 Å². The number of amides is 1. The highest BCUT2D eigenvalue weighted by Gasteiger charge is 2.17. The first-order chi connectivity index (χ1) is 17.5. The van der Waals surface area contributed by atoms with Crippen LogP contribution in [0.25, 0.3) is 44.7 Å². The van der Waals surface area contributed by atoms with E-state index in [9.17, 15) is 4.79 Å². The molecule has 1 N–H and O–H groups in total. The maximum Gasteiger partial charge on any atom is 0.291 e. The minimum atomic E-state index is -0.402. The summed E-state index contributed by atoms with van der Waals surface area (Å²) in [5.41, 5.74) is 3.30. The number of nitrogens with one attached hydrogen (secondary N) is 1. The Morgan fingerprint density at radius 2 is 1.61 bits per heavy atom. The van der Waals surface area contributed by atoms with Crippen LogP contribution in [0.4, 0.5) is 5.69 Å². The molecular formula is C28H15BrCl2N2O3. The van der Waals surface area contributed by atoms with E-state index in [0.717, 1.165) is 20.8 Å². The maximum atomic E-state index is 12.8. The molecule has 0 aliphatic heterocycles. The highest BCUT2D eigenvalue weighted by atomic mass is 79.9. The Morgan fingerprint density at radius 1 is 0.833 bits per heavy atom. The van der Waals surface area contributed by atoms with E-state index in [-0.39, 0.29) is 5.76 Å². The lowest BCUT2D eigenvalue weighted by molar-refractivity contribution is 0.0997. The van der Waals surface area contributed by atoms with Crippen LogP contribution in [0.3, 0.4) is 0 Å². The molecule has 0 radical (unpaired) electrons. The summed E-state index contributed by atoms with van der Waals surface area (Å²) in [4.78, 5) is 17.5. The van der Waals surface area contributed by atoms with Crippen molar-refractivity contribution in [2.75, 3.05) is 5.32 Å². The fourth-order valence-corrected chi connectivity index (χ4v) is 4.96. The number of carbonyl (C=O) groups excluding carboxylic acids is 1. The number of carbonyl (C=O) groups is 1. The summed E-state index contributed by atoms with van der Waals surface area (Å²) in [6.45, 7) is 0. The first kappa shape index (κ1) is 22.9. The number of oxazole rings is 1. The number of anilines is 1. The van der Waals surface area contributed by atoms with E-state index >= 15 is 0 Å². The first-order valence-corrected chi connectivity index (χ1v) is 12.5. The van der Waals surface area contributed by atoms with Gasteiger partial charge in [0.25, 0.3) is 5.91 Å². The number of rotatable bonds is 4. The van der Waals surface area contributed by atoms with Crippen LogP contribution in [0.5, 0.6) is 0 Å². The monoisotopic (exact) mass is 576 g/mol. The summed E-state index contributed by atoms with van der Waals surface area (Å²) in [5, 5.41) is 5.72. The van der Waals surface area contributed by atoms with Crippen LogP contribution in [0.2, 0.25) is 10.0 Å². The zero-order chi connectivity index (χ0) is 24.8. The van der Waals surface area contributed by atoms with Gasteiger partial charge in [0.1, 0.15) is 11.3 Å². The quantitative estimate of drug-likeness (QED) is 0.227. The number of nitrogens with zero attached hydrogens (tertiary/aromatic N) is 1. The van der Waals surface area contributed by atoms with Gasteiger partial charge < -0.3 is 14.2 Å². The van der Waals surface area contributed by atoms with Crippen LogP contribution in [0, 0.1) is 0 Å². The van der Waals surface area contributed by atoms with Gasteiger partial charge in [-0.05, 0) is 65.4 Å². The van der Waals surface area contributed by atoms with Crippen LogP contribution in [-0.2, 0) is 0 Å². The summed E-state index contributed by atoms with van der Waals surface area (Å²) in [7, 11) is 0. The van der Waals surface area contributed by atoms with Crippen LogP contribution < -0.4 is 5.32 Å². The number of hydrogen-bond acceptors (Lipinski definition) is 4. The third-order valence-electron chi connectivity index (χ3n) is 5.79. The Morgan fingerprint density at radius 3 is 2.50 bits per heavy atom. The second kappa shape index (κ2) is 9.13. The molecule has 0 aliphatic rings. The van der Waals surface area contributed by atoms with Crippen LogP contribution in [-0.4, -0.2) is 10.9 Å². The van der Waals surface area contributed by atoms with Crippen molar-refractivity contribution in [3.8, 4) is 22.8 Å². The minimum Gasteiger partial charge on any atom is -0.451 e. The Labute approximate surface area is 223 Å².